The van der Waals surface area contributed by atoms with Gasteiger partial charge in [0.2, 0.25) is 5.91 Å². The van der Waals surface area contributed by atoms with Gasteiger partial charge in [-0.1, -0.05) is 30.3 Å². The Kier molecular flexibility index (Phi) is 4.93. The third-order valence-electron chi connectivity index (χ3n) is 4.66. The van der Waals surface area contributed by atoms with E-state index in [0.29, 0.717) is 18.0 Å². The molecule has 0 N–H and O–H groups in total. The number of carbonyl (C=O) groups excluding carboxylic acids is 1. The molecule has 144 valence electrons. The van der Waals surface area contributed by atoms with E-state index in [9.17, 15) is 18.0 Å². The number of alkyl halides is 3. The van der Waals surface area contributed by atoms with Gasteiger partial charge in [-0.25, -0.2) is 0 Å². The van der Waals surface area contributed by atoms with Crippen LogP contribution in [0.15, 0.2) is 73.1 Å². The molecule has 2 heterocycles. The molecule has 1 atom stereocenters. The molecular weight excluding hydrogens is 385 g/mol. The van der Waals surface area contributed by atoms with Crippen LogP contribution < -0.4 is 0 Å². The Bertz CT molecular complexity index is 967. The van der Waals surface area contributed by atoms with Crippen LogP contribution in [-0.2, 0) is 17.5 Å². The lowest BCUT2D eigenvalue weighted by molar-refractivity contribution is -0.137. The first-order valence-corrected chi connectivity index (χ1v) is 9.77. The van der Waals surface area contributed by atoms with Crippen LogP contribution in [0.5, 0.6) is 0 Å². The number of rotatable bonds is 4. The second-order valence-corrected chi connectivity index (χ2v) is 7.64. The van der Waals surface area contributed by atoms with Gasteiger partial charge in [-0.05, 0) is 35.9 Å². The molecule has 1 saturated heterocycles. The van der Waals surface area contributed by atoms with E-state index < -0.39 is 11.7 Å². The van der Waals surface area contributed by atoms with Crippen molar-refractivity contribution in [1.29, 1.82) is 0 Å². The zero-order valence-corrected chi connectivity index (χ0v) is 15.6. The van der Waals surface area contributed by atoms with Crippen molar-refractivity contribution in [2.45, 2.75) is 18.1 Å². The number of halogens is 3. The predicted octanol–water partition coefficient (Wildman–Crippen LogP) is 5.27. The van der Waals surface area contributed by atoms with Crippen molar-refractivity contribution < 1.29 is 18.0 Å². The average molecular weight is 402 g/mol. The van der Waals surface area contributed by atoms with Crippen molar-refractivity contribution in [3.63, 3.8) is 0 Å². The summed E-state index contributed by atoms with van der Waals surface area (Å²) in [6.45, 7) is 0.531. The van der Waals surface area contributed by atoms with E-state index in [2.05, 4.69) is 0 Å². The van der Waals surface area contributed by atoms with E-state index in [4.69, 9.17) is 0 Å². The third kappa shape index (κ3) is 3.80. The lowest BCUT2D eigenvalue weighted by Gasteiger charge is -2.23. The van der Waals surface area contributed by atoms with Gasteiger partial charge in [-0.2, -0.15) is 13.2 Å². The topological polar surface area (TPSA) is 25.2 Å². The molecule has 0 spiro atoms. The SMILES string of the molecule is O=C1CS[C@H](c2ccn(-c3ccc(C(F)(F)F)cc3)c2)N1Cc1ccccc1. The van der Waals surface area contributed by atoms with Gasteiger partial charge in [-0.3, -0.25) is 4.79 Å². The summed E-state index contributed by atoms with van der Waals surface area (Å²) in [4.78, 5) is 14.2. The number of hydrogen-bond donors (Lipinski definition) is 0. The van der Waals surface area contributed by atoms with Gasteiger partial charge >= 0.3 is 6.18 Å². The Balaban J connectivity index is 1.55. The number of aromatic nitrogens is 1. The number of thioether (sulfide) groups is 1. The molecule has 1 aliphatic rings. The molecule has 3 aromatic rings. The molecule has 4 rings (SSSR count). The molecule has 1 aromatic heterocycles. The van der Waals surface area contributed by atoms with Crippen molar-refractivity contribution in [2.75, 3.05) is 5.75 Å². The largest absolute Gasteiger partial charge is 0.416 e. The van der Waals surface area contributed by atoms with Crippen LogP contribution >= 0.6 is 11.8 Å². The molecule has 28 heavy (non-hydrogen) atoms. The molecule has 0 unspecified atom stereocenters. The van der Waals surface area contributed by atoms with Crippen molar-refractivity contribution in [3.05, 3.63) is 89.7 Å². The maximum absolute atomic E-state index is 12.7. The number of amides is 1. The van der Waals surface area contributed by atoms with Gasteiger partial charge in [0, 0.05) is 30.2 Å². The van der Waals surface area contributed by atoms with Crippen molar-refractivity contribution >= 4 is 17.7 Å². The zero-order valence-electron chi connectivity index (χ0n) is 14.8. The Hall–Kier alpha value is -2.67. The molecule has 2 aromatic carbocycles. The van der Waals surface area contributed by atoms with Crippen LogP contribution in [0.25, 0.3) is 5.69 Å². The van der Waals surface area contributed by atoms with Crippen LogP contribution in [0.2, 0.25) is 0 Å². The second kappa shape index (κ2) is 7.39. The number of carbonyl (C=O) groups is 1. The summed E-state index contributed by atoms with van der Waals surface area (Å²) in [6.07, 6.45) is -0.669. The lowest BCUT2D eigenvalue weighted by atomic mass is 10.2. The number of benzene rings is 2. The molecule has 0 bridgehead atoms. The highest BCUT2D eigenvalue weighted by atomic mass is 32.2. The summed E-state index contributed by atoms with van der Waals surface area (Å²) in [5.74, 6) is 0.504. The minimum Gasteiger partial charge on any atom is -0.323 e. The third-order valence-corrected chi connectivity index (χ3v) is 5.91. The summed E-state index contributed by atoms with van der Waals surface area (Å²) in [7, 11) is 0. The standard InChI is InChI=1S/C21H17F3N2OS/c22-21(23,24)17-6-8-18(9-7-17)25-11-10-16(13-25)20-26(19(27)14-28-20)12-15-4-2-1-3-5-15/h1-11,13,20H,12,14H2/t20-/m1/s1. The average Bonchev–Trinajstić information content (AvgIpc) is 3.30. The summed E-state index contributed by atoms with van der Waals surface area (Å²) in [5, 5.41) is -0.108. The fourth-order valence-corrected chi connectivity index (χ4v) is 4.39. The highest BCUT2D eigenvalue weighted by Crippen LogP contribution is 2.40. The van der Waals surface area contributed by atoms with E-state index in [1.54, 1.807) is 16.3 Å². The fraction of sp³-hybridized carbons (Fsp3) is 0.190. The van der Waals surface area contributed by atoms with Gasteiger partial charge < -0.3 is 9.47 Å². The Morgan fingerprint density at radius 3 is 2.39 bits per heavy atom. The van der Waals surface area contributed by atoms with Crippen molar-refractivity contribution in [2.24, 2.45) is 0 Å². The normalized spacial score (nSPS) is 17.3. The van der Waals surface area contributed by atoms with Crippen LogP contribution in [0, 0.1) is 0 Å². The van der Waals surface area contributed by atoms with Gasteiger partial charge in [0.05, 0.1) is 11.3 Å². The van der Waals surface area contributed by atoms with E-state index in [1.165, 1.54) is 12.1 Å². The van der Waals surface area contributed by atoms with Gasteiger partial charge in [0.1, 0.15) is 5.37 Å². The summed E-state index contributed by atoms with van der Waals surface area (Å²) < 4.78 is 40.0. The maximum atomic E-state index is 12.7. The first-order valence-electron chi connectivity index (χ1n) is 8.72. The molecule has 0 saturated carbocycles. The molecule has 1 aliphatic heterocycles. The highest BCUT2D eigenvalue weighted by molar-refractivity contribution is 8.00. The minimum absolute atomic E-state index is 0.0844. The summed E-state index contributed by atoms with van der Waals surface area (Å²) >= 11 is 1.56. The molecule has 3 nitrogen and oxygen atoms in total. The van der Waals surface area contributed by atoms with Crippen LogP contribution in [0.3, 0.4) is 0 Å². The van der Waals surface area contributed by atoms with E-state index in [1.807, 2.05) is 53.7 Å². The Morgan fingerprint density at radius 1 is 1.00 bits per heavy atom. The van der Waals surface area contributed by atoms with Crippen molar-refractivity contribution in [3.8, 4) is 5.69 Å². The van der Waals surface area contributed by atoms with E-state index in [0.717, 1.165) is 23.3 Å². The van der Waals surface area contributed by atoms with Crippen molar-refractivity contribution in [1.82, 2.24) is 9.47 Å². The highest BCUT2D eigenvalue weighted by Gasteiger charge is 2.33. The zero-order chi connectivity index (χ0) is 19.7. The van der Waals surface area contributed by atoms with Gasteiger partial charge in [0.25, 0.3) is 0 Å². The van der Waals surface area contributed by atoms with Gasteiger partial charge in [-0.15, -0.1) is 11.8 Å². The molecule has 1 fully saturated rings. The molecule has 0 radical (unpaired) electrons. The first kappa shape index (κ1) is 18.7. The molecule has 0 aliphatic carbocycles. The molecule has 7 heteroatoms. The van der Waals surface area contributed by atoms with Crippen LogP contribution in [0.1, 0.15) is 22.1 Å². The predicted molar refractivity (Wildman–Crippen MR) is 103 cm³/mol. The monoisotopic (exact) mass is 402 g/mol. The van der Waals surface area contributed by atoms with Gasteiger partial charge in [0.15, 0.2) is 0 Å². The second-order valence-electron chi connectivity index (χ2n) is 6.57. The Morgan fingerprint density at radius 2 is 1.71 bits per heavy atom. The maximum Gasteiger partial charge on any atom is 0.416 e. The fourth-order valence-electron chi connectivity index (χ4n) is 3.22. The minimum atomic E-state index is -4.35. The smallest absolute Gasteiger partial charge is 0.323 e. The quantitative estimate of drug-likeness (QED) is 0.594. The van der Waals surface area contributed by atoms with Crippen LogP contribution in [0.4, 0.5) is 13.2 Å². The number of hydrogen-bond acceptors (Lipinski definition) is 2. The number of nitrogens with zero attached hydrogens (tertiary/aromatic N) is 2. The molecular formula is C21H17F3N2OS. The van der Waals surface area contributed by atoms with E-state index >= 15 is 0 Å². The van der Waals surface area contributed by atoms with Crippen LogP contribution in [-0.4, -0.2) is 21.1 Å². The lowest BCUT2D eigenvalue weighted by Crippen LogP contribution is -2.27. The summed E-state index contributed by atoms with van der Waals surface area (Å²) in [5.41, 5.74) is 1.98. The first-order chi connectivity index (χ1) is 13.4. The Labute approximate surface area is 164 Å². The molecule has 1 amide bonds. The van der Waals surface area contributed by atoms with E-state index in [-0.39, 0.29) is 11.3 Å². The summed E-state index contributed by atoms with van der Waals surface area (Å²) in [6, 6.07) is 16.7.